The molecule has 0 aliphatic rings. The smallest absolute Gasteiger partial charge is 0.318 e. The van der Waals surface area contributed by atoms with Crippen LogP contribution in [0.2, 0.25) is 0 Å². The summed E-state index contributed by atoms with van der Waals surface area (Å²) in [6.45, 7) is 6.48. The second-order valence-corrected chi connectivity index (χ2v) is 5.12. The van der Waals surface area contributed by atoms with Gasteiger partial charge in [0, 0.05) is 0 Å². The lowest BCUT2D eigenvalue weighted by Crippen LogP contribution is -2.20. The molecule has 0 rings (SSSR count). The topological polar surface area (TPSA) is 26.3 Å². The molecule has 14 heavy (non-hydrogen) atoms. The number of ether oxygens (including phenoxy) is 1. The van der Waals surface area contributed by atoms with Crippen molar-refractivity contribution in [3.63, 3.8) is 0 Å². The number of carbonyl (C=O) groups excluding carboxylic acids is 1. The van der Waals surface area contributed by atoms with Crippen molar-refractivity contribution in [2.24, 2.45) is 5.92 Å². The van der Waals surface area contributed by atoms with Crippen molar-refractivity contribution in [1.29, 1.82) is 0 Å². The van der Waals surface area contributed by atoms with E-state index in [4.69, 9.17) is 4.74 Å². The molecule has 0 spiro atoms. The number of thioether (sulfide) groups is 1. The fraction of sp³-hybridized carbons (Fsp3) is 0.909. The van der Waals surface area contributed by atoms with Crippen molar-refractivity contribution in [1.82, 2.24) is 0 Å². The number of methoxy groups -OCH3 is 1. The van der Waals surface area contributed by atoms with Gasteiger partial charge in [0.2, 0.25) is 0 Å². The van der Waals surface area contributed by atoms with Gasteiger partial charge >= 0.3 is 5.97 Å². The molecule has 0 aliphatic heterocycles. The minimum atomic E-state index is -0.0656. The van der Waals surface area contributed by atoms with Crippen LogP contribution in [0, 0.1) is 5.92 Å². The summed E-state index contributed by atoms with van der Waals surface area (Å²) in [4.78, 5) is 11.4. The lowest BCUT2D eigenvalue weighted by Gasteiger charge is -2.14. The molecule has 1 unspecified atom stereocenters. The molecule has 0 N–H and O–H groups in total. The Morgan fingerprint density at radius 1 is 1.43 bits per heavy atom. The average Bonchev–Trinajstić information content (AvgIpc) is 2.16. The first kappa shape index (κ1) is 13.8. The van der Waals surface area contributed by atoms with Crippen molar-refractivity contribution in [3.05, 3.63) is 0 Å². The Kier molecular flexibility index (Phi) is 8.05. The molecule has 0 saturated carbocycles. The second-order valence-electron chi connectivity index (χ2n) is 3.88. The molecule has 3 heteroatoms. The first-order chi connectivity index (χ1) is 6.61. The number of carbonyl (C=O) groups is 1. The summed E-state index contributed by atoms with van der Waals surface area (Å²) in [5, 5.41) is 0.0438. The van der Waals surface area contributed by atoms with Crippen LogP contribution < -0.4 is 0 Å². The molecule has 0 aromatic rings. The lowest BCUT2D eigenvalue weighted by atomic mass is 10.2. The Hall–Kier alpha value is -0.180. The fourth-order valence-electron chi connectivity index (χ4n) is 1.10. The maximum atomic E-state index is 11.4. The zero-order chi connectivity index (χ0) is 11.0. The van der Waals surface area contributed by atoms with E-state index in [1.807, 2.05) is 0 Å². The minimum Gasteiger partial charge on any atom is -0.468 e. The number of rotatable bonds is 7. The molecular weight excluding hydrogens is 196 g/mol. The lowest BCUT2D eigenvalue weighted by molar-refractivity contribution is -0.140. The highest BCUT2D eigenvalue weighted by Crippen LogP contribution is 2.21. The Balaban J connectivity index is 3.90. The van der Waals surface area contributed by atoms with Gasteiger partial charge in [-0.1, -0.05) is 33.6 Å². The summed E-state index contributed by atoms with van der Waals surface area (Å²) in [5.41, 5.74) is 0. The Bertz CT molecular complexity index is 157. The number of hydrogen-bond donors (Lipinski definition) is 0. The molecule has 0 saturated heterocycles. The van der Waals surface area contributed by atoms with Gasteiger partial charge in [-0.05, 0) is 18.1 Å². The van der Waals surface area contributed by atoms with Crippen LogP contribution in [0.15, 0.2) is 0 Å². The van der Waals surface area contributed by atoms with Gasteiger partial charge in [0.05, 0.1) is 7.11 Å². The summed E-state index contributed by atoms with van der Waals surface area (Å²) in [7, 11) is 1.47. The first-order valence-corrected chi connectivity index (χ1v) is 6.36. The fourth-order valence-corrected chi connectivity index (χ4v) is 2.28. The van der Waals surface area contributed by atoms with Crippen LogP contribution in [0.1, 0.15) is 40.0 Å². The molecule has 0 bridgehead atoms. The SMILES string of the molecule is CCCCC(SCC(C)C)C(=O)OC. The molecule has 2 nitrogen and oxygen atoms in total. The number of unbranched alkanes of at least 4 members (excludes halogenated alkanes) is 1. The van der Waals surface area contributed by atoms with Crippen molar-refractivity contribution in [3.8, 4) is 0 Å². The van der Waals surface area contributed by atoms with Gasteiger partial charge in [-0.3, -0.25) is 4.79 Å². The van der Waals surface area contributed by atoms with Crippen LogP contribution in [-0.4, -0.2) is 24.1 Å². The Morgan fingerprint density at radius 3 is 2.50 bits per heavy atom. The third-order valence-corrected chi connectivity index (χ3v) is 3.60. The molecule has 0 fully saturated rings. The van der Waals surface area contributed by atoms with Crippen LogP contribution in [0.25, 0.3) is 0 Å². The van der Waals surface area contributed by atoms with E-state index in [9.17, 15) is 4.79 Å². The molecule has 0 heterocycles. The van der Waals surface area contributed by atoms with Crippen molar-refractivity contribution in [2.45, 2.75) is 45.3 Å². The van der Waals surface area contributed by atoms with Crippen LogP contribution in [0.3, 0.4) is 0 Å². The maximum absolute atomic E-state index is 11.4. The quantitative estimate of drug-likeness (QED) is 0.614. The third kappa shape index (κ3) is 6.30. The summed E-state index contributed by atoms with van der Waals surface area (Å²) >= 11 is 1.73. The van der Waals surface area contributed by atoms with E-state index in [-0.39, 0.29) is 11.2 Å². The number of hydrogen-bond acceptors (Lipinski definition) is 3. The van der Waals surface area contributed by atoms with Gasteiger partial charge in [-0.25, -0.2) is 0 Å². The van der Waals surface area contributed by atoms with Crippen molar-refractivity contribution >= 4 is 17.7 Å². The summed E-state index contributed by atoms with van der Waals surface area (Å²) in [6.07, 6.45) is 3.18. The third-order valence-electron chi connectivity index (χ3n) is 1.91. The normalized spacial score (nSPS) is 12.9. The largest absolute Gasteiger partial charge is 0.468 e. The van der Waals surface area contributed by atoms with E-state index < -0.39 is 0 Å². The van der Waals surface area contributed by atoms with Crippen LogP contribution >= 0.6 is 11.8 Å². The maximum Gasteiger partial charge on any atom is 0.318 e. The van der Waals surface area contributed by atoms with Gasteiger partial charge in [-0.15, -0.1) is 11.8 Å². The van der Waals surface area contributed by atoms with Gasteiger partial charge in [-0.2, -0.15) is 0 Å². The zero-order valence-electron chi connectivity index (χ0n) is 9.71. The highest BCUT2D eigenvalue weighted by molar-refractivity contribution is 8.00. The van der Waals surface area contributed by atoms with Gasteiger partial charge in [0.15, 0.2) is 0 Å². The highest BCUT2D eigenvalue weighted by atomic mass is 32.2. The standard InChI is InChI=1S/C11H22O2S/c1-5-6-7-10(11(12)13-4)14-8-9(2)3/h9-10H,5-8H2,1-4H3. The summed E-state index contributed by atoms with van der Waals surface area (Å²) in [5.74, 6) is 1.60. The van der Waals surface area contributed by atoms with E-state index >= 15 is 0 Å². The van der Waals surface area contributed by atoms with Crippen molar-refractivity contribution < 1.29 is 9.53 Å². The van der Waals surface area contributed by atoms with E-state index in [0.717, 1.165) is 25.0 Å². The van der Waals surface area contributed by atoms with Gasteiger partial charge in [0.25, 0.3) is 0 Å². The van der Waals surface area contributed by atoms with Crippen LogP contribution in [0.4, 0.5) is 0 Å². The van der Waals surface area contributed by atoms with Gasteiger partial charge < -0.3 is 4.74 Å². The van der Waals surface area contributed by atoms with E-state index in [1.54, 1.807) is 11.8 Å². The molecule has 0 aromatic heterocycles. The van der Waals surface area contributed by atoms with E-state index in [2.05, 4.69) is 20.8 Å². The van der Waals surface area contributed by atoms with E-state index in [1.165, 1.54) is 7.11 Å². The Labute approximate surface area is 91.8 Å². The predicted molar refractivity (Wildman–Crippen MR) is 62.6 cm³/mol. The second kappa shape index (κ2) is 8.16. The van der Waals surface area contributed by atoms with E-state index in [0.29, 0.717) is 5.92 Å². The van der Waals surface area contributed by atoms with Crippen LogP contribution in [0.5, 0.6) is 0 Å². The molecule has 0 aromatic carbocycles. The summed E-state index contributed by atoms with van der Waals surface area (Å²) < 4.78 is 4.78. The van der Waals surface area contributed by atoms with Crippen molar-refractivity contribution in [2.75, 3.05) is 12.9 Å². The minimum absolute atomic E-state index is 0.0438. The highest BCUT2D eigenvalue weighted by Gasteiger charge is 2.18. The molecule has 0 aliphatic carbocycles. The number of esters is 1. The molecule has 1 atom stereocenters. The molecule has 0 amide bonds. The van der Waals surface area contributed by atoms with Crippen LogP contribution in [-0.2, 0) is 9.53 Å². The molecule has 0 radical (unpaired) electrons. The Morgan fingerprint density at radius 2 is 2.07 bits per heavy atom. The first-order valence-electron chi connectivity index (χ1n) is 5.31. The van der Waals surface area contributed by atoms with Gasteiger partial charge in [0.1, 0.15) is 5.25 Å². The predicted octanol–water partition coefficient (Wildman–Crippen LogP) is 3.11. The summed E-state index contributed by atoms with van der Waals surface area (Å²) in [6, 6.07) is 0. The molecule has 84 valence electrons. The zero-order valence-corrected chi connectivity index (χ0v) is 10.5. The molecular formula is C11H22O2S. The monoisotopic (exact) mass is 218 g/mol. The average molecular weight is 218 g/mol.